The molecule has 0 saturated heterocycles. The van der Waals surface area contributed by atoms with Crippen molar-refractivity contribution < 1.29 is 10.2 Å². The first-order valence-corrected chi connectivity index (χ1v) is 5.41. The summed E-state index contributed by atoms with van der Waals surface area (Å²) in [6, 6.07) is 0. The molecule has 61 valence electrons. The summed E-state index contributed by atoms with van der Waals surface area (Å²) in [7, 11) is -0.596. The third-order valence-electron chi connectivity index (χ3n) is 1.54. The molecule has 0 spiro atoms. The zero-order chi connectivity index (χ0) is 8.10. The summed E-state index contributed by atoms with van der Waals surface area (Å²) in [6.45, 7) is 0. The van der Waals surface area contributed by atoms with E-state index >= 15 is 0 Å². The van der Waals surface area contributed by atoms with Crippen molar-refractivity contribution in [1.82, 2.24) is 0 Å². The molecule has 0 unspecified atom stereocenters. The Morgan fingerprint density at radius 1 is 1.09 bits per heavy atom. The predicted octanol–water partition coefficient (Wildman–Crippen LogP) is 0.773. The quantitative estimate of drug-likeness (QED) is 0.613. The maximum atomic E-state index is 8.79. The van der Waals surface area contributed by atoms with Crippen LogP contribution in [0.5, 0.6) is 0 Å². The highest BCUT2D eigenvalue weighted by Crippen LogP contribution is 2.39. The minimum Gasteiger partial charge on any atom is -0.392 e. The lowest BCUT2D eigenvalue weighted by Gasteiger charge is -2.14. The molecule has 1 saturated carbocycles. The van der Waals surface area contributed by atoms with E-state index in [9.17, 15) is 0 Å². The molecule has 0 atom stereocenters. The van der Waals surface area contributed by atoms with Gasteiger partial charge in [0.25, 0.3) is 0 Å². The fourth-order valence-corrected chi connectivity index (χ4v) is 1.94. The van der Waals surface area contributed by atoms with Crippen LogP contribution >= 0.6 is 7.92 Å². The van der Waals surface area contributed by atoms with Gasteiger partial charge in [0.1, 0.15) is 0 Å². The molecule has 3 heteroatoms. The van der Waals surface area contributed by atoms with E-state index in [0.717, 1.165) is 6.16 Å². The van der Waals surface area contributed by atoms with Gasteiger partial charge in [0, 0.05) is 0 Å². The SMILES string of the molecule is OCP(CO)C[C]1[CH][CH][CH][CH]1. The van der Waals surface area contributed by atoms with Crippen LogP contribution in [0.25, 0.3) is 0 Å². The van der Waals surface area contributed by atoms with Gasteiger partial charge < -0.3 is 10.2 Å². The molecule has 0 aromatic carbocycles. The van der Waals surface area contributed by atoms with E-state index in [1.54, 1.807) is 0 Å². The normalized spacial score (nSPS) is 19.9. The summed E-state index contributed by atoms with van der Waals surface area (Å²) in [5.74, 6) is 1.21. The molecule has 0 aromatic heterocycles. The van der Waals surface area contributed by atoms with Crippen molar-refractivity contribution in [3.63, 3.8) is 0 Å². The summed E-state index contributed by atoms with van der Waals surface area (Å²) in [4.78, 5) is 0. The lowest BCUT2D eigenvalue weighted by atomic mass is 10.1. The Labute approximate surface area is 69.4 Å². The van der Waals surface area contributed by atoms with E-state index in [-0.39, 0.29) is 12.7 Å². The third-order valence-corrected chi connectivity index (χ3v) is 3.15. The molecule has 5 radical (unpaired) electrons. The zero-order valence-corrected chi connectivity index (χ0v) is 7.17. The van der Waals surface area contributed by atoms with Gasteiger partial charge in [0.05, 0.1) is 12.7 Å². The van der Waals surface area contributed by atoms with Crippen LogP contribution in [-0.2, 0) is 0 Å². The van der Waals surface area contributed by atoms with E-state index < -0.39 is 7.92 Å². The Balaban J connectivity index is 2.16. The summed E-state index contributed by atoms with van der Waals surface area (Å²) in [5, 5.41) is 17.6. The predicted molar refractivity (Wildman–Crippen MR) is 46.4 cm³/mol. The Hall–Kier alpha value is 0.350. The summed E-state index contributed by atoms with van der Waals surface area (Å²) >= 11 is 0. The first-order valence-electron chi connectivity index (χ1n) is 3.51. The molecule has 11 heavy (non-hydrogen) atoms. The van der Waals surface area contributed by atoms with Crippen molar-refractivity contribution in [2.45, 2.75) is 0 Å². The van der Waals surface area contributed by atoms with Crippen molar-refractivity contribution in [2.24, 2.45) is 0 Å². The fourth-order valence-electron chi connectivity index (χ4n) is 0.922. The molecule has 0 aromatic rings. The molecule has 1 rings (SSSR count). The largest absolute Gasteiger partial charge is 0.392 e. The molecule has 1 aliphatic carbocycles. The van der Waals surface area contributed by atoms with Crippen molar-refractivity contribution >= 4 is 7.92 Å². The molecule has 1 fully saturated rings. The van der Waals surface area contributed by atoms with Crippen molar-refractivity contribution in [3.05, 3.63) is 31.6 Å². The average molecular weight is 171 g/mol. The van der Waals surface area contributed by atoms with Gasteiger partial charge in [-0.25, -0.2) is 0 Å². The van der Waals surface area contributed by atoms with Gasteiger partial charge in [-0.2, -0.15) is 0 Å². The maximum Gasteiger partial charge on any atom is 0.0646 e. The van der Waals surface area contributed by atoms with Crippen LogP contribution in [0.15, 0.2) is 0 Å². The van der Waals surface area contributed by atoms with Crippen LogP contribution in [0.2, 0.25) is 0 Å². The number of rotatable bonds is 4. The van der Waals surface area contributed by atoms with Crippen molar-refractivity contribution in [1.29, 1.82) is 0 Å². The number of aliphatic hydroxyl groups is 2. The van der Waals surface area contributed by atoms with E-state index in [1.165, 1.54) is 5.92 Å². The molecule has 0 heterocycles. The van der Waals surface area contributed by atoms with Gasteiger partial charge in [-0.1, -0.05) is 7.92 Å². The van der Waals surface area contributed by atoms with Crippen molar-refractivity contribution in [2.75, 3.05) is 18.9 Å². The Bertz CT molecular complexity index is 98.3. The smallest absolute Gasteiger partial charge is 0.0646 e. The van der Waals surface area contributed by atoms with Crippen LogP contribution in [0.3, 0.4) is 0 Å². The minimum absolute atomic E-state index is 0.122. The van der Waals surface area contributed by atoms with E-state index in [4.69, 9.17) is 10.2 Å². The first kappa shape index (κ1) is 9.44. The number of aliphatic hydroxyl groups excluding tert-OH is 2. The van der Waals surface area contributed by atoms with Gasteiger partial charge in [-0.15, -0.1) is 0 Å². The lowest BCUT2D eigenvalue weighted by molar-refractivity contribution is 0.343. The van der Waals surface area contributed by atoms with E-state index in [1.807, 2.05) is 25.7 Å². The fraction of sp³-hybridized carbons (Fsp3) is 0.375. The molecule has 0 aliphatic heterocycles. The standard InChI is InChI=1S/C8H12O2P/c9-6-11(7-10)5-8-3-1-2-4-8/h1-4,9-10H,5-7H2. The zero-order valence-electron chi connectivity index (χ0n) is 6.27. The molecule has 2 N–H and O–H groups in total. The number of hydrogen-bond donors (Lipinski definition) is 2. The van der Waals surface area contributed by atoms with Gasteiger partial charge in [-0.3, -0.25) is 0 Å². The second-order valence-electron chi connectivity index (χ2n) is 2.40. The highest BCUT2D eigenvalue weighted by Gasteiger charge is 2.20. The lowest BCUT2D eigenvalue weighted by Crippen LogP contribution is -2.02. The summed E-state index contributed by atoms with van der Waals surface area (Å²) in [6.07, 6.45) is 9.04. The molecule has 2 nitrogen and oxygen atoms in total. The van der Waals surface area contributed by atoms with Crippen LogP contribution in [0.4, 0.5) is 0 Å². The van der Waals surface area contributed by atoms with Crippen LogP contribution in [0.1, 0.15) is 0 Å². The Kier molecular flexibility index (Phi) is 4.36. The Morgan fingerprint density at radius 3 is 2.09 bits per heavy atom. The molecule has 0 bridgehead atoms. The van der Waals surface area contributed by atoms with E-state index in [2.05, 4.69) is 0 Å². The topological polar surface area (TPSA) is 40.5 Å². The second kappa shape index (κ2) is 5.08. The molecule has 1 aliphatic rings. The maximum absolute atomic E-state index is 8.79. The highest BCUT2D eigenvalue weighted by molar-refractivity contribution is 7.57. The summed E-state index contributed by atoms with van der Waals surface area (Å²) < 4.78 is 0. The van der Waals surface area contributed by atoms with Crippen molar-refractivity contribution in [3.8, 4) is 0 Å². The van der Waals surface area contributed by atoms with Gasteiger partial charge in [0.15, 0.2) is 0 Å². The minimum atomic E-state index is -0.596. The molecular weight excluding hydrogens is 159 g/mol. The monoisotopic (exact) mass is 171 g/mol. The average Bonchev–Trinajstić information content (AvgIpc) is 2.52. The van der Waals surface area contributed by atoms with Gasteiger partial charge in [-0.05, 0) is 37.8 Å². The summed E-state index contributed by atoms with van der Waals surface area (Å²) in [5.41, 5.74) is 0. The Morgan fingerprint density at radius 2 is 1.64 bits per heavy atom. The van der Waals surface area contributed by atoms with Crippen LogP contribution in [0, 0.1) is 31.6 Å². The molecule has 0 amide bonds. The van der Waals surface area contributed by atoms with Crippen LogP contribution in [-0.4, -0.2) is 29.1 Å². The van der Waals surface area contributed by atoms with E-state index in [0.29, 0.717) is 0 Å². The number of hydrogen-bond acceptors (Lipinski definition) is 2. The highest BCUT2D eigenvalue weighted by atomic mass is 31.1. The van der Waals surface area contributed by atoms with Crippen LogP contribution < -0.4 is 0 Å². The second-order valence-corrected chi connectivity index (χ2v) is 4.63. The third kappa shape index (κ3) is 3.06. The van der Waals surface area contributed by atoms with Gasteiger partial charge >= 0.3 is 0 Å². The molecular formula is C8H12O2P. The van der Waals surface area contributed by atoms with Gasteiger partial charge in [0.2, 0.25) is 0 Å². The first-order chi connectivity index (χ1) is 5.36.